The van der Waals surface area contributed by atoms with E-state index in [0.717, 1.165) is 52.2 Å². The number of aromatic nitrogens is 1. The van der Waals surface area contributed by atoms with Crippen LogP contribution in [0.3, 0.4) is 0 Å². The first-order valence-corrected chi connectivity index (χ1v) is 10.4. The van der Waals surface area contributed by atoms with Crippen molar-refractivity contribution in [3.8, 4) is 11.1 Å². The van der Waals surface area contributed by atoms with E-state index in [4.69, 9.17) is 14.0 Å². The van der Waals surface area contributed by atoms with E-state index in [9.17, 15) is 4.79 Å². The largest absolute Gasteiger partial charge is 0.356 e. The number of rotatable bonds is 9. The number of hydrogen-bond acceptors (Lipinski definition) is 4. The predicted octanol–water partition coefficient (Wildman–Crippen LogP) is 2.63. The Hall–Kier alpha value is -2.07. The molecule has 6 heteroatoms. The van der Waals surface area contributed by atoms with Crippen molar-refractivity contribution in [2.24, 2.45) is 0 Å². The second-order valence-corrected chi connectivity index (χ2v) is 7.58. The van der Waals surface area contributed by atoms with Crippen LogP contribution in [0, 0.1) is 6.92 Å². The van der Waals surface area contributed by atoms with Crippen molar-refractivity contribution in [3.63, 3.8) is 0 Å². The van der Waals surface area contributed by atoms with Gasteiger partial charge in [0.2, 0.25) is 5.91 Å². The van der Waals surface area contributed by atoms with Gasteiger partial charge in [0.25, 0.3) is 0 Å². The summed E-state index contributed by atoms with van der Waals surface area (Å²) < 4.78 is 10.1. The molecule has 0 radical (unpaired) electrons. The fourth-order valence-electron chi connectivity index (χ4n) is 3.44. The van der Waals surface area contributed by atoms with Crippen LogP contribution in [0.5, 0.6) is 0 Å². The topological polar surface area (TPSA) is 60.5 Å². The summed E-state index contributed by atoms with van der Waals surface area (Å²) in [6.45, 7) is 3.16. The van der Waals surface area contributed by atoms with Crippen LogP contribution in [0.4, 0.5) is 0 Å². The van der Waals surface area contributed by atoms with Gasteiger partial charge >= 0.3 is 0 Å². The van der Waals surface area contributed by atoms with Crippen molar-refractivity contribution < 1.29 is 13.8 Å². The van der Waals surface area contributed by atoms with Crippen molar-refractivity contribution in [1.29, 1.82) is 0 Å². The highest BCUT2D eigenvalue weighted by atomic mass is 31.1. The van der Waals surface area contributed by atoms with Crippen molar-refractivity contribution in [2.45, 2.75) is 32.6 Å². The van der Waals surface area contributed by atoms with E-state index < -0.39 is 0 Å². The van der Waals surface area contributed by atoms with Crippen molar-refractivity contribution in [2.75, 3.05) is 20.3 Å². The normalized spacial score (nSPS) is 13.1. The molecule has 1 unspecified atom stereocenters. The molecule has 0 fully saturated rings. The van der Waals surface area contributed by atoms with Crippen LogP contribution in [-0.4, -0.2) is 31.2 Å². The van der Waals surface area contributed by atoms with E-state index in [-0.39, 0.29) is 14.9 Å². The van der Waals surface area contributed by atoms with Crippen LogP contribution in [0.25, 0.3) is 23.3 Å². The molecule has 1 aliphatic rings. The number of fused-ring (bicyclic) bond motifs is 1. The first-order valence-electron chi connectivity index (χ1n) is 9.62. The second-order valence-electron chi connectivity index (χ2n) is 6.72. The van der Waals surface area contributed by atoms with Gasteiger partial charge < -0.3 is 14.4 Å². The number of pyridine rings is 1. The van der Waals surface area contributed by atoms with E-state index in [1.54, 1.807) is 7.11 Å². The molecule has 1 N–H and O–H groups in total. The minimum absolute atomic E-state index is 0.0102. The van der Waals surface area contributed by atoms with Crippen LogP contribution in [0.1, 0.15) is 30.5 Å². The SMILES string of the molecule is COPOCCCNC(=O)Cc1c(C)nc2c(c1-c1ccccc1)=CCCC=2. The average Bonchev–Trinajstić information content (AvgIpc) is 2.72. The lowest BCUT2D eigenvalue weighted by atomic mass is 9.92. The fraction of sp³-hybridized carbons (Fsp3) is 0.364. The molecule has 0 spiro atoms. The van der Waals surface area contributed by atoms with Crippen LogP contribution in [0.15, 0.2) is 30.3 Å². The number of hydrogen-bond donors (Lipinski definition) is 1. The number of nitrogens with zero attached hydrogens (tertiary/aromatic N) is 1. The third kappa shape index (κ3) is 5.26. The Bertz CT molecular complexity index is 929. The van der Waals surface area contributed by atoms with Gasteiger partial charge in [-0.15, -0.1) is 0 Å². The summed E-state index contributed by atoms with van der Waals surface area (Å²) in [7, 11) is 1.66. The monoisotopic (exact) mass is 398 g/mol. The molecule has 5 nitrogen and oxygen atoms in total. The predicted molar refractivity (Wildman–Crippen MR) is 114 cm³/mol. The zero-order valence-corrected chi connectivity index (χ0v) is 17.5. The minimum atomic E-state index is 0.0102. The Labute approximate surface area is 167 Å². The van der Waals surface area contributed by atoms with Gasteiger partial charge in [0.15, 0.2) is 9.03 Å². The molecule has 1 aromatic carbocycles. The van der Waals surface area contributed by atoms with E-state index in [2.05, 4.69) is 29.6 Å². The lowest BCUT2D eigenvalue weighted by Gasteiger charge is -2.16. The maximum atomic E-state index is 12.6. The van der Waals surface area contributed by atoms with Gasteiger partial charge in [0, 0.05) is 24.6 Å². The molecule has 1 atom stereocenters. The molecule has 1 amide bonds. The molecule has 2 aromatic rings. The number of carbonyl (C=O) groups is 1. The lowest BCUT2D eigenvalue weighted by molar-refractivity contribution is -0.120. The van der Waals surface area contributed by atoms with Crippen LogP contribution < -0.4 is 15.9 Å². The van der Waals surface area contributed by atoms with Gasteiger partial charge in [0.05, 0.1) is 18.4 Å². The zero-order valence-electron chi connectivity index (χ0n) is 16.5. The van der Waals surface area contributed by atoms with E-state index in [1.165, 1.54) is 0 Å². The molecule has 28 heavy (non-hydrogen) atoms. The quantitative estimate of drug-likeness (QED) is 0.521. The highest BCUT2D eigenvalue weighted by Gasteiger charge is 2.16. The maximum Gasteiger partial charge on any atom is 0.224 e. The Morgan fingerprint density at radius 1 is 1.21 bits per heavy atom. The minimum Gasteiger partial charge on any atom is -0.356 e. The molecular formula is C22H27N2O3P. The summed E-state index contributed by atoms with van der Waals surface area (Å²) in [6.07, 6.45) is 7.55. The number of amides is 1. The molecule has 0 saturated heterocycles. The smallest absolute Gasteiger partial charge is 0.224 e. The first-order chi connectivity index (χ1) is 13.7. The fourth-order valence-corrected chi connectivity index (χ4v) is 3.78. The Balaban J connectivity index is 1.82. The molecule has 0 saturated carbocycles. The van der Waals surface area contributed by atoms with Crippen molar-refractivity contribution in [1.82, 2.24) is 10.3 Å². The van der Waals surface area contributed by atoms with Crippen LogP contribution in [-0.2, 0) is 20.3 Å². The molecule has 148 valence electrons. The number of carbonyl (C=O) groups excluding carboxylic acids is 1. The van der Waals surface area contributed by atoms with Gasteiger partial charge in [-0.3, -0.25) is 9.78 Å². The number of nitrogens with one attached hydrogen (secondary N) is 1. The summed E-state index contributed by atoms with van der Waals surface area (Å²) in [5, 5.41) is 5.17. The van der Waals surface area contributed by atoms with E-state index in [0.29, 0.717) is 19.6 Å². The van der Waals surface area contributed by atoms with Crippen molar-refractivity contribution >= 4 is 27.1 Å². The Kier molecular flexibility index (Phi) is 7.72. The first kappa shape index (κ1) is 20.7. The lowest BCUT2D eigenvalue weighted by Crippen LogP contribution is -2.36. The molecule has 1 aromatic heterocycles. The molecular weight excluding hydrogens is 371 g/mol. The standard InChI is InChI=1S/C22H27N2O3P/c1-16-19(15-21(25)23-13-8-14-27-28-26-2)22(17-9-4-3-5-10-17)18-11-6-7-12-20(18)24-16/h3-5,9-12,28H,6-8,13-15H2,1-2H3,(H,23,25). The molecule has 1 heterocycles. The van der Waals surface area contributed by atoms with Gasteiger partial charge in [-0.05, 0) is 42.9 Å². The van der Waals surface area contributed by atoms with Gasteiger partial charge in [-0.1, -0.05) is 42.5 Å². The van der Waals surface area contributed by atoms with Gasteiger partial charge in [-0.2, -0.15) is 0 Å². The molecule has 3 rings (SSSR count). The van der Waals surface area contributed by atoms with Crippen molar-refractivity contribution in [3.05, 3.63) is 52.2 Å². The Morgan fingerprint density at radius 2 is 2.00 bits per heavy atom. The summed E-state index contributed by atoms with van der Waals surface area (Å²) in [5.41, 5.74) is 4.20. The van der Waals surface area contributed by atoms with Crippen LogP contribution in [0.2, 0.25) is 0 Å². The van der Waals surface area contributed by atoms with Gasteiger partial charge in [0.1, 0.15) is 0 Å². The molecule has 1 aliphatic carbocycles. The number of aryl methyl sites for hydroxylation is 1. The third-order valence-electron chi connectivity index (χ3n) is 4.71. The second kappa shape index (κ2) is 10.5. The average molecular weight is 398 g/mol. The van der Waals surface area contributed by atoms with E-state index in [1.807, 2.05) is 25.1 Å². The summed E-state index contributed by atoms with van der Waals surface area (Å²) >= 11 is 0. The maximum absolute atomic E-state index is 12.6. The summed E-state index contributed by atoms with van der Waals surface area (Å²) in [6, 6.07) is 10.3. The molecule has 0 aliphatic heterocycles. The van der Waals surface area contributed by atoms with E-state index >= 15 is 0 Å². The Morgan fingerprint density at radius 3 is 2.79 bits per heavy atom. The summed E-state index contributed by atoms with van der Waals surface area (Å²) in [5.74, 6) is 0.0102. The zero-order chi connectivity index (χ0) is 19.8. The summed E-state index contributed by atoms with van der Waals surface area (Å²) in [4.78, 5) is 17.4. The van der Waals surface area contributed by atoms with Crippen LogP contribution >= 0.6 is 9.03 Å². The highest BCUT2D eigenvalue weighted by molar-refractivity contribution is 7.26. The van der Waals surface area contributed by atoms with Gasteiger partial charge in [-0.25, -0.2) is 0 Å². The molecule has 0 bridgehead atoms. The third-order valence-corrected chi connectivity index (χ3v) is 5.20. The number of benzene rings is 1. The highest BCUT2D eigenvalue weighted by Crippen LogP contribution is 2.22.